The third-order valence-electron chi connectivity index (χ3n) is 5.78. The van der Waals surface area contributed by atoms with E-state index in [-0.39, 0.29) is 33.0 Å². The van der Waals surface area contributed by atoms with Crippen molar-refractivity contribution >= 4 is 55.6 Å². The van der Waals surface area contributed by atoms with Crippen LogP contribution in [0.5, 0.6) is 5.75 Å². The summed E-state index contributed by atoms with van der Waals surface area (Å²) < 4.78 is 30.2. The number of nitrogens with zero attached hydrogens (tertiary/aromatic N) is 2. The summed E-state index contributed by atoms with van der Waals surface area (Å²) in [5.74, 6) is -0.431. The molecule has 1 aliphatic rings. The highest BCUT2D eigenvalue weighted by atomic mass is 32.2. The van der Waals surface area contributed by atoms with Gasteiger partial charge in [0.05, 0.1) is 16.4 Å². The Hall–Kier alpha value is -4.48. The van der Waals surface area contributed by atoms with Crippen LogP contribution in [0.1, 0.15) is 11.1 Å². The van der Waals surface area contributed by atoms with Crippen molar-refractivity contribution in [1.82, 2.24) is 4.90 Å². The number of amides is 2. The highest BCUT2D eigenvalue weighted by Crippen LogP contribution is 2.34. The third-order valence-corrected chi connectivity index (χ3v) is 7.93. The predicted molar refractivity (Wildman–Crippen MR) is 143 cm³/mol. The fourth-order valence-corrected chi connectivity index (χ4v) is 5.74. The second-order valence-electron chi connectivity index (χ2n) is 8.27. The molecule has 9 nitrogen and oxygen atoms in total. The Morgan fingerprint density at radius 1 is 0.921 bits per heavy atom. The van der Waals surface area contributed by atoms with Crippen molar-refractivity contribution in [3.63, 3.8) is 0 Å². The van der Waals surface area contributed by atoms with Gasteiger partial charge in [0, 0.05) is 12.1 Å². The van der Waals surface area contributed by atoms with Crippen LogP contribution in [-0.4, -0.2) is 29.4 Å². The van der Waals surface area contributed by atoms with E-state index >= 15 is 0 Å². The number of nitro benzene ring substituents is 1. The first-order chi connectivity index (χ1) is 18.2. The second-order valence-corrected chi connectivity index (χ2v) is 10.8. The minimum atomic E-state index is -4.30. The Balaban J connectivity index is 1.31. The highest BCUT2D eigenvalue weighted by Gasteiger charge is 2.35. The quantitative estimate of drug-likeness (QED) is 0.124. The first-order valence-corrected chi connectivity index (χ1v) is 13.4. The lowest BCUT2D eigenvalue weighted by Gasteiger charge is -2.14. The molecule has 0 unspecified atom stereocenters. The molecule has 0 atom stereocenters. The Morgan fingerprint density at radius 2 is 1.63 bits per heavy atom. The molecule has 1 fully saturated rings. The molecular formula is C27H18N2O7S2. The number of imide groups is 1. The Morgan fingerprint density at radius 3 is 2.39 bits per heavy atom. The molecule has 190 valence electrons. The Kier molecular flexibility index (Phi) is 6.70. The molecule has 4 aromatic carbocycles. The number of non-ortho nitro benzene ring substituents is 1. The van der Waals surface area contributed by atoms with Crippen LogP contribution in [0.15, 0.2) is 101 Å². The van der Waals surface area contributed by atoms with Gasteiger partial charge in [-0.3, -0.25) is 24.6 Å². The summed E-state index contributed by atoms with van der Waals surface area (Å²) in [5, 5.41) is 12.5. The average molecular weight is 547 g/mol. The van der Waals surface area contributed by atoms with Crippen LogP contribution < -0.4 is 4.18 Å². The van der Waals surface area contributed by atoms with Gasteiger partial charge in [-0.15, -0.1) is 0 Å². The molecule has 0 saturated carbocycles. The smallest absolute Gasteiger partial charge is 0.339 e. The topological polar surface area (TPSA) is 124 Å². The van der Waals surface area contributed by atoms with Crippen LogP contribution in [0.3, 0.4) is 0 Å². The highest BCUT2D eigenvalue weighted by molar-refractivity contribution is 8.18. The lowest BCUT2D eigenvalue weighted by molar-refractivity contribution is -0.385. The summed E-state index contributed by atoms with van der Waals surface area (Å²) >= 11 is 0.833. The molecule has 0 spiro atoms. The zero-order chi connectivity index (χ0) is 26.9. The van der Waals surface area contributed by atoms with Crippen molar-refractivity contribution in [3.05, 3.63) is 117 Å². The molecule has 0 radical (unpaired) electrons. The van der Waals surface area contributed by atoms with Crippen molar-refractivity contribution < 1.29 is 27.1 Å². The zero-order valence-electron chi connectivity index (χ0n) is 19.5. The van der Waals surface area contributed by atoms with E-state index in [4.69, 9.17) is 4.18 Å². The maximum atomic E-state index is 13.0. The third kappa shape index (κ3) is 5.15. The molecule has 4 aromatic rings. The number of fused-ring (bicyclic) bond motifs is 1. The number of thioether (sulfide) groups is 1. The fraction of sp³-hybridized carbons (Fsp3) is 0.0370. The van der Waals surface area contributed by atoms with E-state index in [2.05, 4.69) is 0 Å². The maximum absolute atomic E-state index is 13.0. The van der Waals surface area contributed by atoms with Gasteiger partial charge in [0.25, 0.3) is 16.8 Å². The van der Waals surface area contributed by atoms with Gasteiger partial charge < -0.3 is 4.18 Å². The van der Waals surface area contributed by atoms with Crippen LogP contribution in [0.4, 0.5) is 10.5 Å². The van der Waals surface area contributed by atoms with Gasteiger partial charge in [-0.05, 0) is 57.9 Å². The van der Waals surface area contributed by atoms with Gasteiger partial charge in [-0.2, -0.15) is 8.42 Å². The summed E-state index contributed by atoms with van der Waals surface area (Å²) in [6.07, 6.45) is 1.55. The second kappa shape index (κ2) is 10.1. The normalized spacial score (nSPS) is 14.8. The Labute approximate surface area is 221 Å². The van der Waals surface area contributed by atoms with Crippen LogP contribution in [0.2, 0.25) is 0 Å². The number of hydrogen-bond donors (Lipinski definition) is 0. The van der Waals surface area contributed by atoms with Crippen molar-refractivity contribution in [2.24, 2.45) is 0 Å². The van der Waals surface area contributed by atoms with Gasteiger partial charge in [0.2, 0.25) is 0 Å². The molecule has 0 bridgehead atoms. The van der Waals surface area contributed by atoms with Gasteiger partial charge in [0.15, 0.2) is 0 Å². The number of hydrogen-bond acceptors (Lipinski definition) is 8. The number of rotatable bonds is 7. The molecule has 1 aliphatic heterocycles. The molecular weight excluding hydrogens is 528 g/mol. The standard InChI is InChI=1S/C27H18N2O7S2/c30-26-25(37-27(31)28(26)17-20-7-3-6-19-5-1-2-10-24(19)20)15-18-11-13-22(14-12-18)36-38(34,35)23-9-4-8-21(16-23)29(32)33/h1-16H,17H2/b25-15-. The van der Waals surface area contributed by atoms with Crippen molar-refractivity contribution in [2.75, 3.05) is 0 Å². The minimum Gasteiger partial charge on any atom is -0.379 e. The molecule has 5 rings (SSSR count). The fourth-order valence-electron chi connectivity index (χ4n) is 3.94. The van der Waals surface area contributed by atoms with Crippen LogP contribution in [0.25, 0.3) is 16.8 Å². The van der Waals surface area contributed by atoms with E-state index in [0.717, 1.165) is 34.2 Å². The number of carbonyl (C=O) groups excluding carboxylic acids is 2. The van der Waals surface area contributed by atoms with Gasteiger partial charge in [0.1, 0.15) is 10.6 Å². The van der Waals surface area contributed by atoms with E-state index in [1.807, 2.05) is 42.5 Å². The molecule has 0 aromatic heterocycles. The van der Waals surface area contributed by atoms with E-state index in [0.29, 0.717) is 5.56 Å². The molecule has 1 heterocycles. The number of nitro groups is 1. The van der Waals surface area contributed by atoms with Gasteiger partial charge in [-0.1, -0.05) is 60.7 Å². The first kappa shape index (κ1) is 25.2. The van der Waals surface area contributed by atoms with Crippen molar-refractivity contribution in [2.45, 2.75) is 11.4 Å². The Bertz CT molecular complexity index is 1730. The molecule has 0 aliphatic carbocycles. The van der Waals surface area contributed by atoms with E-state index in [1.165, 1.54) is 47.4 Å². The van der Waals surface area contributed by atoms with Crippen molar-refractivity contribution in [3.8, 4) is 5.75 Å². The molecule has 0 N–H and O–H groups in total. The van der Waals surface area contributed by atoms with Crippen LogP contribution >= 0.6 is 11.8 Å². The molecule has 1 saturated heterocycles. The van der Waals surface area contributed by atoms with Gasteiger partial charge in [-0.25, -0.2) is 0 Å². The minimum absolute atomic E-state index is 0.0160. The largest absolute Gasteiger partial charge is 0.379 e. The lowest BCUT2D eigenvalue weighted by Crippen LogP contribution is -2.27. The van der Waals surface area contributed by atoms with E-state index in [1.54, 1.807) is 6.08 Å². The predicted octanol–water partition coefficient (Wildman–Crippen LogP) is 5.75. The molecule has 11 heteroatoms. The molecule has 2 amide bonds. The zero-order valence-corrected chi connectivity index (χ0v) is 21.1. The number of benzene rings is 4. The first-order valence-electron chi connectivity index (χ1n) is 11.2. The summed E-state index contributed by atoms with van der Waals surface area (Å²) in [6, 6.07) is 23.9. The van der Waals surface area contributed by atoms with Crippen LogP contribution in [0, 0.1) is 10.1 Å². The van der Waals surface area contributed by atoms with Crippen LogP contribution in [-0.2, 0) is 21.5 Å². The summed E-state index contributed by atoms with van der Waals surface area (Å²) in [5.41, 5.74) is 1.04. The van der Waals surface area contributed by atoms with E-state index < -0.39 is 20.9 Å². The SMILES string of the molecule is O=C1S/C(=C\c2ccc(OS(=O)(=O)c3cccc([N+](=O)[O-])c3)cc2)C(=O)N1Cc1cccc2ccccc12. The monoisotopic (exact) mass is 546 g/mol. The van der Waals surface area contributed by atoms with Crippen molar-refractivity contribution in [1.29, 1.82) is 0 Å². The summed E-state index contributed by atoms with van der Waals surface area (Å²) in [6.45, 7) is 0.144. The summed E-state index contributed by atoms with van der Waals surface area (Å²) in [4.78, 5) is 37.0. The average Bonchev–Trinajstić information content (AvgIpc) is 3.17. The molecule has 38 heavy (non-hydrogen) atoms. The van der Waals surface area contributed by atoms with E-state index in [9.17, 15) is 28.1 Å². The lowest BCUT2D eigenvalue weighted by atomic mass is 10.0. The number of carbonyl (C=O) groups is 2. The van der Waals surface area contributed by atoms with Gasteiger partial charge >= 0.3 is 10.1 Å². The summed E-state index contributed by atoms with van der Waals surface area (Å²) in [7, 11) is -4.30. The maximum Gasteiger partial charge on any atom is 0.339 e.